The molecule has 0 radical (unpaired) electrons. The standard InChI is InChI=1S/C27H30N4O6/c1-16-6-4-5-7-21(16)30-27(35)31-22-10-8-18(12-24(22)36-3)13-25(32)29-17(2)15-37-23-11-9-19(26(33)34)14-20(23)28/h4-12,14,17H,13,15,28H2,1-3H3,(H,29,32)(H,33,34)(H2,30,31,35)/t17-/m0/s1. The summed E-state index contributed by atoms with van der Waals surface area (Å²) in [6.07, 6.45) is 0.0891. The molecule has 0 unspecified atom stereocenters. The van der Waals surface area contributed by atoms with E-state index in [2.05, 4.69) is 16.0 Å². The Morgan fingerprint density at radius 1 is 0.973 bits per heavy atom. The van der Waals surface area contributed by atoms with E-state index >= 15 is 0 Å². The lowest BCUT2D eigenvalue weighted by Gasteiger charge is -2.17. The molecule has 0 fully saturated rings. The van der Waals surface area contributed by atoms with E-state index in [9.17, 15) is 14.4 Å². The molecule has 0 aliphatic rings. The van der Waals surface area contributed by atoms with Crippen molar-refractivity contribution in [1.29, 1.82) is 0 Å². The number of aromatic carboxylic acids is 1. The lowest BCUT2D eigenvalue weighted by atomic mass is 10.1. The van der Waals surface area contributed by atoms with Crippen molar-refractivity contribution in [3.05, 3.63) is 77.4 Å². The third-order valence-electron chi connectivity index (χ3n) is 5.43. The molecule has 3 rings (SSSR count). The number of aryl methyl sites for hydroxylation is 1. The molecule has 3 aromatic rings. The van der Waals surface area contributed by atoms with E-state index < -0.39 is 12.0 Å². The Morgan fingerprint density at radius 3 is 2.38 bits per heavy atom. The van der Waals surface area contributed by atoms with Gasteiger partial charge in [-0.2, -0.15) is 0 Å². The summed E-state index contributed by atoms with van der Waals surface area (Å²) >= 11 is 0. The summed E-state index contributed by atoms with van der Waals surface area (Å²) in [5.41, 5.74) is 8.90. The van der Waals surface area contributed by atoms with Gasteiger partial charge >= 0.3 is 12.0 Å². The van der Waals surface area contributed by atoms with Gasteiger partial charge in [0.1, 0.15) is 18.1 Å². The maximum atomic E-state index is 12.5. The molecule has 0 saturated heterocycles. The van der Waals surface area contributed by atoms with E-state index in [4.69, 9.17) is 20.3 Å². The highest BCUT2D eigenvalue weighted by molar-refractivity contribution is 6.01. The van der Waals surface area contributed by atoms with Crippen molar-refractivity contribution in [2.45, 2.75) is 26.3 Å². The van der Waals surface area contributed by atoms with Crippen molar-refractivity contribution < 1.29 is 29.0 Å². The summed E-state index contributed by atoms with van der Waals surface area (Å²) in [6.45, 7) is 3.82. The number of methoxy groups -OCH3 is 1. The summed E-state index contributed by atoms with van der Waals surface area (Å²) < 4.78 is 11.0. The number of carboxylic acid groups (broad SMARTS) is 1. The number of benzene rings is 3. The summed E-state index contributed by atoms with van der Waals surface area (Å²) in [7, 11) is 1.48. The Hall–Kier alpha value is -4.73. The molecule has 10 nitrogen and oxygen atoms in total. The number of nitrogens with one attached hydrogen (secondary N) is 3. The van der Waals surface area contributed by atoms with Crippen LogP contribution in [0.1, 0.15) is 28.4 Å². The van der Waals surface area contributed by atoms with Gasteiger partial charge in [-0.15, -0.1) is 0 Å². The summed E-state index contributed by atoms with van der Waals surface area (Å²) in [5, 5.41) is 17.4. The van der Waals surface area contributed by atoms with Crippen LogP contribution in [0.2, 0.25) is 0 Å². The average molecular weight is 507 g/mol. The smallest absolute Gasteiger partial charge is 0.335 e. The molecule has 0 aromatic heterocycles. The Bertz CT molecular complexity index is 1290. The fourth-order valence-corrected chi connectivity index (χ4v) is 3.52. The summed E-state index contributed by atoms with van der Waals surface area (Å²) in [6, 6.07) is 16.0. The van der Waals surface area contributed by atoms with Gasteiger partial charge in [0.2, 0.25) is 5.91 Å². The zero-order valence-electron chi connectivity index (χ0n) is 20.8. The minimum atomic E-state index is -1.08. The van der Waals surface area contributed by atoms with Gasteiger partial charge in [0.25, 0.3) is 0 Å². The highest BCUT2D eigenvalue weighted by atomic mass is 16.5. The monoisotopic (exact) mass is 506 g/mol. The van der Waals surface area contributed by atoms with Crippen molar-refractivity contribution in [3.8, 4) is 11.5 Å². The van der Waals surface area contributed by atoms with Crippen molar-refractivity contribution in [3.63, 3.8) is 0 Å². The van der Waals surface area contributed by atoms with Crippen LogP contribution in [0, 0.1) is 6.92 Å². The molecule has 3 aromatic carbocycles. The molecule has 0 heterocycles. The summed E-state index contributed by atoms with van der Waals surface area (Å²) in [5.74, 6) is -0.553. The van der Waals surface area contributed by atoms with Crippen LogP contribution in [0.5, 0.6) is 11.5 Å². The van der Waals surface area contributed by atoms with Gasteiger partial charge in [-0.05, 0) is 61.4 Å². The first-order valence-corrected chi connectivity index (χ1v) is 11.5. The second-order valence-electron chi connectivity index (χ2n) is 8.44. The van der Waals surface area contributed by atoms with E-state index in [1.54, 1.807) is 25.1 Å². The number of carboxylic acids is 1. The van der Waals surface area contributed by atoms with Crippen LogP contribution >= 0.6 is 0 Å². The van der Waals surface area contributed by atoms with Crippen LogP contribution < -0.4 is 31.2 Å². The zero-order chi connectivity index (χ0) is 26.9. The molecule has 3 amide bonds. The maximum Gasteiger partial charge on any atom is 0.335 e. The lowest BCUT2D eigenvalue weighted by molar-refractivity contribution is -0.121. The third kappa shape index (κ3) is 7.63. The van der Waals surface area contributed by atoms with E-state index in [-0.39, 0.29) is 36.2 Å². The number of hydrogen-bond acceptors (Lipinski definition) is 6. The molecule has 10 heteroatoms. The van der Waals surface area contributed by atoms with Gasteiger partial charge in [0, 0.05) is 5.69 Å². The number of rotatable bonds is 10. The van der Waals surface area contributed by atoms with Gasteiger partial charge in [-0.1, -0.05) is 24.3 Å². The topological polar surface area (TPSA) is 152 Å². The fourth-order valence-electron chi connectivity index (χ4n) is 3.52. The molecular formula is C27H30N4O6. The molecule has 1 atom stereocenters. The molecule has 0 aliphatic heterocycles. The van der Waals surface area contributed by atoms with Crippen LogP contribution in [0.3, 0.4) is 0 Å². The van der Waals surface area contributed by atoms with Gasteiger partial charge in [-0.3, -0.25) is 4.79 Å². The predicted octanol–water partition coefficient (Wildman–Crippen LogP) is 4.05. The number of para-hydroxylation sites is 1. The van der Waals surface area contributed by atoms with Crippen molar-refractivity contribution in [2.24, 2.45) is 0 Å². The quantitative estimate of drug-likeness (QED) is 0.260. The zero-order valence-corrected chi connectivity index (χ0v) is 20.8. The molecule has 6 N–H and O–H groups in total. The third-order valence-corrected chi connectivity index (χ3v) is 5.43. The van der Waals surface area contributed by atoms with Crippen LogP contribution in [0.25, 0.3) is 0 Å². The number of carbonyl (C=O) groups is 3. The van der Waals surface area contributed by atoms with E-state index in [1.165, 1.54) is 25.3 Å². The molecular weight excluding hydrogens is 476 g/mol. The van der Waals surface area contributed by atoms with Gasteiger partial charge in [-0.25, -0.2) is 9.59 Å². The average Bonchev–Trinajstić information content (AvgIpc) is 2.85. The predicted molar refractivity (Wildman–Crippen MR) is 141 cm³/mol. The highest BCUT2D eigenvalue weighted by Crippen LogP contribution is 2.26. The summed E-state index contributed by atoms with van der Waals surface area (Å²) in [4.78, 5) is 36.0. The van der Waals surface area contributed by atoms with Crippen LogP contribution in [0.4, 0.5) is 21.9 Å². The van der Waals surface area contributed by atoms with Crippen molar-refractivity contribution in [1.82, 2.24) is 5.32 Å². The van der Waals surface area contributed by atoms with Crippen molar-refractivity contribution >= 4 is 35.0 Å². The molecule has 194 valence electrons. The molecule has 0 saturated carbocycles. The first-order valence-electron chi connectivity index (χ1n) is 11.5. The number of carbonyl (C=O) groups excluding carboxylic acids is 2. The van der Waals surface area contributed by atoms with Gasteiger partial charge < -0.3 is 36.3 Å². The number of amides is 3. The van der Waals surface area contributed by atoms with Crippen molar-refractivity contribution in [2.75, 3.05) is 30.1 Å². The highest BCUT2D eigenvalue weighted by Gasteiger charge is 2.14. The number of urea groups is 1. The molecule has 0 bridgehead atoms. The van der Waals surface area contributed by atoms with E-state index in [0.717, 1.165) is 5.56 Å². The Balaban J connectivity index is 1.53. The number of anilines is 3. The second-order valence-corrected chi connectivity index (χ2v) is 8.44. The number of ether oxygens (including phenoxy) is 2. The normalized spacial score (nSPS) is 11.2. The van der Waals surface area contributed by atoms with Crippen LogP contribution in [0.15, 0.2) is 60.7 Å². The number of nitrogens with two attached hydrogens (primary N) is 1. The Kier molecular flexibility index (Phi) is 8.93. The van der Waals surface area contributed by atoms with Gasteiger partial charge in [0.15, 0.2) is 0 Å². The lowest BCUT2D eigenvalue weighted by Crippen LogP contribution is -2.37. The minimum absolute atomic E-state index is 0.0646. The van der Waals surface area contributed by atoms with Crippen LogP contribution in [-0.4, -0.2) is 42.8 Å². The largest absolute Gasteiger partial charge is 0.495 e. The SMILES string of the molecule is COc1cc(CC(=O)N[C@@H](C)COc2ccc(C(=O)O)cc2N)ccc1NC(=O)Nc1ccccc1C. The molecule has 0 spiro atoms. The number of nitrogen functional groups attached to an aromatic ring is 1. The fraction of sp³-hybridized carbons (Fsp3) is 0.222. The first-order chi connectivity index (χ1) is 17.7. The second kappa shape index (κ2) is 12.3. The first kappa shape index (κ1) is 26.9. The van der Waals surface area contributed by atoms with Crippen LogP contribution in [-0.2, 0) is 11.2 Å². The Labute approximate surface area is 214 Å². The minimum Gasteiger partial charge on any atom is -0.495 e. The Morgan fingerprint density at radius 2 is 1.70 bits per heavy atom. The van der Waals surface area contributed by atoms with E-state index in [1.807, 2.05) is 31.2 Å². The number of hydrogen-bond donors (Lipinski definition) is 5. The van der Waals surface area contributed by atoms with E-state index in [0.29, 0.717) is 28.4 Å². The van der Waals surface area contributed by atoms with Gasteiger partial charge in [0.05, 0.1) is 36.5 Å². The molecule has 0 aliphatic carbocycles. The maximum absolute atomic E-state index is 12.5. The molecule has 37 heavy (non-hydrogen) atoms.